The first-order chi connectivity index (χ1) is 49.2. The maximum Gasteiger partial charge on any atom is 0.416 e. The van der Waals surface area contributed by atoms with Crippen molar-refractivity contribution in [3.8, 4) is 0 Å². The highest BCUT2D eigenvalue weighted by molar-refractivity contribution is 6.32. The van der Waals surface area contributed by atoms with Crippen molar-refractivity contribution in [2.45, 2.75) is 187 Å². The van der Waals surface area contributed by atoms with Gasteiger partial charge in [-0.25, -0.2) is 21.9 Å². The Morgan fingerprint density at radius 2 is 0.864 bits per heavy atom. The molecule has 9 saturated carbocycles. The van der Waals surface area contributed by atoms with E-state index in [1.807, 2.05) is 21.9 Å². The summed E-state index contributed by atoms with van der Waals surface area (Å²) < 4.78 is 37.8. The molecule has 8 N–H and O–H groups in total. The first-order valence-electron chi connectivity index (χ1n) is 36.2. The van der Waals surface area contributed by atoms with Gasteiger partial charge in [0.1, 0.15) is 0 Å². The van der Waals surface area contributed by atoms with Crippen LogP contribution in [0.5, 0.6) is 0 Å². The van der Waals surface area contributed by atoms with Crippen molar-refractivity contribution in [3.63, 3.8) is 0 Å². The summed E-state index contributed by atoms with van der Waals surface area (Å²) in [5.41, 5.74) is 14.1. The van der Waals surface area contributed by atoms with Crippen LogP contribution in [0.1, 0.15) is 231 Å². The minimum absolute atomic E-state index is 0.116. The first-order valence-corrected chi connectivity index (χ1v) is 37.0. The number of fused-ring (bicyclic) bond motifs is 4. The van der Waals surface area contributed by atoms with Crippen LogP contribution in [0.15, 0.2) is 84.9 Å². The van der Waals surface area contributed by atoms with Crippen molar-refractivity contribution in [2.24, 2.45) is 52.3 Å². The molecule has 0 unspecified atom stereocenters. The van der Waals surface area contributed by atoms with Crippen molar-refractivity contribution in [2.75, 3.05) is 13.1 Å². The molecular formula is C78H89Cl2F3N8O12. The lowest BCUT2D eigenvalue weighted by Crippen LogP contribution is -2.59. The highest BCUT2D eigenvalue weighted by Crippen LogP contribution is 2.63. The zero-order valence-corrected chi connectivity index (χ0v) is 59.5. The number of benzene rings is 5. The third-order valence-electron chi connectivity index (χ3n) is 24.5. The molecule has 18 rings (SSSR count). The summed E-state index contributed by atoms with van der Waals surface area (Å²) in [6, 6.07) is 21.0. The van der Waals surface area contributed by atoms with Crippen molar-refractivity contribution < 1.29 is 72.4 Å². The number of rotatable bonds is 8. The standard InChI is InChI=1S/C23H30N2O3.C21H25ClN2O3.C17H21ClN2O3.C17H13F3N2O3/c1-22(2)19-4-3-18(20(26)24-28)10-17(19)5-6-25(22)21(27)23-11-14-7-15(12-23)9-16(8-14)13-23;22-18-7-16(19(25)23-27)6-15-1-2-24(11-17(15)18)20(26)21-8-12-3-13(9-21)5-14(4-12)10-21;18-15-8-12(16(21)19-23)7-13-9-20(10-14(13)15)17(22)11-5-3-1-2-4-6-11;18-17(19,20)14-5-3-10(4-6-14)16(24)22-8-12-2-1-11(15(23)21-25)7-13(12)9-22/h3-4,10,14-16,28H,5-9,11-13H2,1-2H3,(H,24,26);6-7,12-14,27H,1-5,8-11H2,(H,23,25);7-8,11,23H,1-6,9-10H2,(H,19,21);1-7,25H,8-9H2,(H,21,23). The molecule has 8 amide bonds. The number of alkyl halides is 3. The summed E-state index contributed by atoms with van der Waals surface area (Å²) in [6.45, 7) is 7.69. The van der Waals surface area contributed by atoms with E-state index in [1.165, 1.54) is 73.9 Å². The predicted octanol–water partition coefficient (Wildman–Crippen LogP) is 13.5. The lowest BCUT2D eigenvalue weighted by atomic mass is 9.49. The minimum Gasteiger partial charge on any atom is -0.337 e. The molecule has 4 aliphatic heterocycles. The van der Waals surface area contributed by atoms with Gasteiger partial charge in [-0.3, -0.25) is 59.2 Å². The van der Waals surface area contributed by atoms with Crippen molar-refractivity contribution >= 4 is 70.5 Å². The van der Waals surface area contributed by atoms with Crippen LogP contribution in [0.2, 0.25) is 10.0 Å². The molecule has 9 fully saturated rings. The average Bonchev–Trinajstić information content (AvgIpc) is 1.37. The van der Waals surface area contributed by atoms with Crippen LogP contribution in [0.25, 0.3) is 0 Å². The second kappa shape index (κ2) is 29.5. The third kappa shape index (κ3) is 14.9. The SMILES string of the molecule is CC1(C)c2ccc(C(=O)NO)cc2CCN1C(=O)C12CC3CC(CC(C3)C1)C2.O=C(NO)c1cc(Cl)c2c(c1)CCN(C(=O)C13CC4CC(CC(C4)C1)C3)C2.O=C(NO)c1cc(Cl)c2c(c1)CN(C(=O)C1CCCCCC1)C2.O=C(NO)c1ccc2c(c1)CN(C(=O)c1ccc(C(F)(F)F)cc1)C2. The van der Waals surface area contributed by atoms with Crippen LogP contribution in [-0.4, -0.2) is 101 Å². The van der Waals surface area contributed by atoms with E-state index < -0.39 is 41.3 Å². The molecule has 5 aromatic rings. The van der Waals surface area contributed by atoms with E-state index in [4.69, 9.17) is 44.0 Å². The Hall–Kier alpha value is -7.93. The first kappa shape index (κ1) is 73.4. The Balaban J connectivity index is 0.000000123. The summed E-state index contributed by atoms with van der Waals surface area (Å²) in [6.07, 6.45) is 18.1. The molecule has 9 aliphatic carbocycles. The summed E-state index contributed by atoms with van der Waals surface area (Å²) in [7, 11) is 0. The number of nitrogens with one attached hydrogen (secondary N) is 4. The van der Waals surface area contributed by atoms with Crippen LogP contribution < -0.4 is 21.9 Å². The molecule has 0 atom stereocenters. The van der Waals surface area contributed by atoms with Gasteiger partial charge in [0.05, 0.1) is 21.9 Å². The fourth-order valence-corrected chi connectivity index (χ4v) is 20.9. The highest BCUT2D eigenvalue weighted by Gasteiger charge is 2.58. The van der Waals surface area contributed by atoms with E-state index in [-0.39, 0.29) is 45.9 Å². The maximum atomic E-state index is 13.9. The van der Waals surface area contributed by atoms with Crippen LogP contribution in [-0.2, 0) is 71.7 Å². The molecular weight excluding hydrogens is 1370 g/mol. The van der Waals surface area contributed by atoms with Gasteiger partial charge in [-0.1, -0.05) is 61.0 Å². The van der Waals surface area contributed by atoms with E-state index in [0.29, 0.717) is 84.2 Å². The Morgan fingerprint density at radius 3 is 1.38 bits per heavy atom. The van der Waals surface area contributed by atoms with Crippen LogP contribution >= 0.6 is 23.2 Å². The zero-order chi connectivity index (χ0) is 73.0. The minimum atomic E-state index is -4.45. The van der Waals surface area contributed by atoms with E-state index in [1.54, 1.807) is 52.8 Å². The van der Waals surface area contributed by atoms with Gasteiger partial charge < -0.3 is 19.6 Å². The van der Waals surface area contributed by atoms with E-state index >= 15 is 0 Å². The fraction of sp³-hybridized carbons (Fsp3) is 0.513. The van der Waals surface area contributed by atoms with E-state index in [2.05, 4.69) is 18.7 Å². The molecule has 0 saturated heterocycles. The summed E-state index contributed by atoms with van der Waals surface area (Å²) in [5.74, 6) is 2.86. The van der Waals surface area contributed by atoms with Gasteiger partial charge in [-0.05, 0) is 269 Å². The van der Waals surface area contributed by atoms with Crippen LogP contribution in [0.4, 0.5) is 13.2 Å². The highest BCUT2D eigenvalue weighted by atomic mass is 35.5. The number of amides is 8. The summed E-state index contributed by atoms with van der Waals surface area (Å²) in [5, 5.41) is 36.1. The number of halogens is 5. The largest absolute Gasteiger partial charge is 0.416 e. The number of nitrogens with zero attached hydrogens (tertiary/aromatic N) is 4. The monoisotopic (exact) mass is 1460 g/mol. The molecule has 0 radical (unpaired) electrons. The normalized spacial score (nSPS) is 25.7. The van der Waals surface area contributed by atoms with E-state index in [9.17, 15) is 51.5 Å². The molecule has 4 heterocycles. The number of carbonyl (C=O) groups is 8. The molecule has 25 heteroatoms. The Labute approximate surface area is 606 Å². The van der Waals surface area contributed by atoms with Crippen LogP contribution in [0, 0.1) is 52.3 Å². The van der Waals surface area contributed by atoms with Gasteiger partial charge >= 0.3 is 6.18 Å². The quantitative estimate of drug-likeness (QED) is 0.0409. The number of hydrogen-bond acceptors (Lipinski definition) is 12. The Bertz CT molecular complexity index is 4110. The molecule has 103 heavy (non-hydrogen) atoms. The van der Waals surface area contributed by atoms with Gasteiger partial charge in [-0.15, -0.1) is 0 Å². The lowest BCUT2D eigenvalue weighted by Gasteiger charge is -2.58. The predicted molar refractivity (Wildman–Crippen MR) is 372 cm³/mol. The van der Waals surface area contributed by atoms with Gasteiger partial charge in [0.2, 0.25) is 17.7 Å². The second-order valence-corrected chi connectivity index (χ2v) is 32.4. The zero-order valence-electron chi connectivity index (χ0n) is 57.9. The lowest BCUT2D eigenvalue weighted by molar-refractivity contribution is -0.164. The molecule has 5 aromatic carbocycles. The van der Waals surface area contributed by atoms with E-state index in [0.717, 1.165) is 175 Å². The summed E-state index contributed by atoms with van der Waals surface area (Å²) in [4.78, 5) is 107. The topological polar surface area (TPSA) is 279 Å². The third-order valence-corrected chi connectivity index (χ3v) is 25.2. The molecule has 13 aliphatic rings. The second-order valence-electron chi connectivity index (χ2n) is 31.6. The molecule has 8 bridgehead atoms. The molecule has 548 valence electrons. The average molecular weight is 1460 g/mol. The smallest absolute Gasteiger partial charge is 0.337 e. The van der Waals surface area contributed by atoms with Crippen molar-refractivity contribution in [1.82, 2.24) is 41.5 Å². The molecule has 0 spiro atoms. The van der Waals surface area contributed by atoms with Gasteiger partial charge in [0.25, 0.3) is 29.5 Å². The fourth-order valence-electron chi connectivity index (χ4n) is 20.3. The Morgan fingerprint density at radius 1 is 0.447 bits per heavy atom. The molecule has 0 aromatic heterocycles. The number of hydrogen-bond donors (Lipinski definition) is 8. The number of carbonyl (C=O) groups excluding carboxylic acids is 8. The number of hydroxylamine groups is 4. The molecule has 20 nitrogen and oxygen atoms in total. The van der Waals surface area contributed by atoms with Crippen molar-refractivity contribution in [3.05, 3.63) is 173 Å². The summed E-state index contributed by atoms with van der Waals surface area (Å²) >= 11 is 12.7. The van der Waals surface area contributed by atoms with Crippen molar-refractivity contribution in [1.29, 1.82) is 0 Å². The van der Waals surface area contributed by atoms with Gasteiger partial charge in [0, 0.05) is 89.6 Å². The van der Waals surface area contributed by atoms with Gasteiger partial charge in [0.15, 0.2) is 0 Å². The van der Waals surface area contributed by atoms with Gasteiger partial charge in [-0.2, -0.15) is 13.2 Å². The van der Waals surface area contributed by atoms with Crippen LogP contribution in [0.3, 0.4) is 0 Å². The Kier molecular flexibility index (Phi) is 21.1. The maximum absolute atomic E-state index is 13.9.